The van der Waals surface area contributed by atoms with E-state index in [1.165, 1.54) is 0 Å². The van der Waals surface area contributed by atoms with Crippen LogP contribution in [0, 0.1) is 5.41 Å². The lowest BCUT2D eigenvalue weighted by Gasteiger charge is -2.57. The quantitative estimate of drug-likeness (QED) is 0.670. The summed E-state index contributed by atoms with van der Waals surface area (Å²) in [4.78, 5) is 11.7. The van der Waals surface area contributed by atoms with Crippen molar-refractivity contribution in [2.45, 2.75) is 31.8 Å². The van der Waals surface area contributed by atoms with Crippen LogP contribution >= 0.6 is 0 Å². The van der Waals surface area contributed by atoms with E-state index in [1.807, 2.05) is 6.92 Å². The highest BCUT2D eigenvalue weighted by molar-refractivity contribution is 5.79. The molecular weight excluding hydrogens is 182 g/mol. The molecule has 0 atom stereocenters. The first-order valence-electron chi connectivity index (χ1n) is 5.18. The van der Waals surface area contributed by atoms with E-state index < -0.39 is 0 Å². The van der Waals surface area contributed by atoms with Crippen molar-refractivity contribution < 1.29 is 14.3 Å². The molecule has 3 rings (SSSR count). The SMILES string of the molecule is CCOC(=O)C12CCOC(CN)(C1)C2. The van der Waals surface area contributed by atoms with Gasteiger partial charge in [-0.05, 0) is 26.2 Å². The van der Waals surface area contributed by atoms with E-state index in [4.69, 9.17) is 15.2 Å². The molecule has 2 N–H and O–H groups in total. The average molecular weight is 199 g/mol. The first-order valence-corrected chi connectivity index (χ1v) is 5.18. The first kappa shape index (κ1) is 9.93. The normalized spacial score (nSPS) is 40.1. The standard InChI is InChI=1S/C10H17NO3/c1-2-13-8(12)9-3-4-14-10(5-9,6-9)7-11/h2-7,11H2,1H3. The first-order chi connectivity index (χ1) is 6.66. The van der Waals surface area contributed by atoms with Crippen LogP contribution in [0.2, 0.25) is 0 Å². The summed E-state index contributed by atoms with van der Waals surface area (Å²) in [5, 5.41) is 0. The molecule has 3 aliphatic rings. The average Bonchev–Trinajstić information content (AvgIpc) is 2.17. The lowest BCUT2D eigenvalue weighted by molar-refractivity contribution is -0.231. The topological polar surface area (TPSA) is 61.5 Å². The molecule has 0 aromatic heterocycles. The predicted molar refractivity (Wildman–Crippen MR) is 50.7 cm³/mol. The van der Waals surface area contributed by atoms with Crippen LogP contribution in [0.5, 0.6) is 0 Å². The Balaban J connectivity index is 2.03. The number of fused-ring (bicyclic) bond motifs is 2. The van der Waals surface area contributed by atoms with Gasteiger partial charge in [0, 0.05) is 13.2 Å². The molecule has 2 aliphatic heterocycles. The summed E-state index contributed by atoms with van der Waals surface area (Å²) in [6, 6.07) is 0. The Morgan fingerprint density at radius 3 is 2.86 bits per heavy atom. The second-order valence-corrected chi connectivity index (χ2v) is 4.34. The third kappa shape index (κ3) is 1.25. The summed E-state index contributed by atoms with van der Waals surface area (Å²) >= 11 is 0. The largest absolute Gasteiger partial charge is 0.466 e. The van der Waals surface area contributed by atoms with E-state index in [0.29, 0.717) is 19.8 Å². The van der Waals surface area contributed by atoms with Crippen molar-refractivity contribution in [3.05, 3.63) is 0 Å². The predicted octanol–water partition coefficient (Wildman–Crippen LogP) is 0.448. The lowest BCUT2D eigenvalue weighted by Crippen LogP contribution is -2.65. The molecule has 4 nitrogen and oxygen atoms in total. The Morgan fingerprint density at radius 2 is 2.29 bits per heavy atom. The summed E-state index contributed by atoms with van der Waals surface area (Å²) in [6.45, 7) is 3.43. The van der Waals surface area contributed by atoms with Crippen molar-refractivity contribution in [1.29, 1.82) is 0 Å². The number of esters is 1. The Hall–Kier alpha value is -0.610. The highest BCUT2D eigenvalue weighted by Crippen LogP contribution is 2.56. The minimum absolute atomic E-state index is 0.0626. The molecule has 1 saturated carbocycles. The molecule has 0 aromatic carbocycles. The van der Waals surface area contributed by atoms with Gasteiger partial charge in [-0.15, -0.1) is 0 Å². The molecule has 2 bridgehead atoms. The number of rotatable bonds is 3. The van der Waals surface area contributed by atoms with Crippen LogP contribution in [0.4, 0.5) is 0 Å². The third-order valence-corrected chi connectivity index (χ3v) is 3.39. The molecule has 0 unspecified atom stereocenters. The molecule has 80 valence electrons. The fraction of sp³-hybridized carbons (Fsp3) is 0.900. The van der Waals surface area contributed by atoms with Gasteiger partial charge in [0.2, 0.25) is 0 Å². The molecule has 2 heterocycles. The van der Waals surface area contributed by atoms with Crippen molar-refractivity contribution >= 4 is 5.97 Å². The lowest BCUT2D eigenvalue weighted by atomic mass is 9.55. The van der Waals surface area contributed by atoms with Crippen LogP contribution in [0.15, 0.2) is 0 Å². The minimum atomic E-state index is -0.270. The maximum absolute atomic E-state index is 11.7. The fourth-order valence-corrected chi connectivity index (χ4v) is 2.66. The van der Waals surface area contributed by atoms with Crippen LogP contribution in [0.3, 0.4) is 0 Å². The molecule has 14 heavy (non-hydrogen) atoms. The van der Waals surface area contributed by atoms with Crippen LogP contribution in [-0.4, -0.2) is 31.3 Å². The van der Waals surface area contributed by atoms with Gasteiger partial charge in [0.15, 0.2) is 0 Å². The van der Waals surface area contributed by atoms with Gasteiger partial charge in [-0.3, -0.25) is 4.79 Å². The smallest absolute Gasteiger partial charge is 0.312 e. The highest BCUT2D eigenvalue weighted by Gasteiger charge is 2.62. The van der Waals surface area contributed by atoms with Gasteiger partial charge in [0.25, 0.3) is 0 Å². The van der Waals surface area contributed by atoms with Gasteiger partial charge in [0.1, 0.15) is 0 Å². The molecule has 1 aliphatic carbocycles. The van der Waals surface area contributed by atoms with E-state index in [9.17, 15) is 4.79 Å². The number of hydrogen-bond acceptors (Lipinski definition) is 4. The molecule has 0 amide bonds. The van der Waals surface area contributed by atoms with Gasteiger partial charge >= 0.3 is 5.97 Å². The van der Waals surface area contributed by atoms with Gasteiger partial charge in [-0.1, -0.05) is 0 Å². The highest BCUT2D eigenvalue weighted by atomic mass is 16.5. The van der Waals surface area contributed by atoms with Crippen LogP contribution in [0.25, 0.3) is 0 Å². The molecule has 0 spiro atoms. The third-order valence-electron chi connectivity index (χ3n) is 3.39. The number of hydrogen-bond donors (Lipinski definition) is 1. The van der Waals surface area contributed by atoms with E-state index in [1.54, 1.807) is 0 Å². The van der Waals surface area contributed by atoms with Gasteiger partial charge in [-0.25, -0.2) is 0 Å². The van der Waals surface area contributed by atoms with Gasteiger partial charge in [0.05, 0.1) is 17.6 Å². The zero-order valence-corrected chi connectivity index (χ0v) is 8.54. The van der Waals surface area contributed by atoms with Crippen molar-refractivity contribution in [1.82, 2.24) is 0 Å². The van der Waals surface area contributed by atoms with Crippen molar-refractivity contribution in [3.63, 3.8) is 0 Å². The monoisotopic (exact) mass is 199 g/mol. The second-order valence-electron chi connectivity index (χ2n) is 4.34. The van der Waals surface area contributed by atoms with E-state index in [2.05, 4.69) is 0 Å². The molecule has 2 saturated heterocycles. The summed E-state index contributed by atoms with van der Waals surface area (Å²) < 4.78 is 10.7. The van der Waals surface area contributed by atoms with Crippen LogP contribution < -0.4 is 5.73 Å². The molecule has 0 radical (unpaired) electrons. The fourth-order valence-electron chi connectivity index (χ4n) is 2.66. The Bertz CT molecular complexity index is 246. The number of carbonyl (C=O) groups excluding carboxylic acids is 1. The number of carbonyl (C=O) groups is 1. The Kier molecular flexibility index (Phi) is 2.27. The van der Waals surface area contributed by atoms with Crippen LogP contribution in [-0.2, 0) is 14.3 Å². The molecule has 0 aromatic rings. The number of nitrogens with two attached hydrogens (primary N) is 1. The minimum Gasteiger partial charge on any atom is -0.466 e. The zero-order valence-electron chi connectivity index (χ0n) is 8.54. The molecule has 4 heteroatoms. The van der Waals surface area contributed by atoms with E-state index >= 15 is 0 Å². The Labute approximate surface area is 83.7 Å². The molecule has 3 fully saturated rings. The van der Waals surface area contributed by atoms with Crippen molar-refractivity contribution in [3.8, 4) is 0 Å². The van der Waals surface area contributed by atoms with Crippen molar-refractivity contribution in [2.24, 2.45) is 11.1 Å². The van der Waals surface area contributed by atoms with Crippen LogP contribution in [0.1, 0.15) is 26.2 Å². The molecular formula is C10H17NO3. The maximum Gasteiger partial charge on any atom is 0.312 e. The maximum atomic E-state index is 11.7. The zero-order chi connectivity index (χ0) is 10.2. The second kappa shape index (κ2) is 3.21. The number of ether oxygens (including phenoxy) is 2. The van der Waals surface area contributed by atoms with E-state index in [0.717, 1.165) is 19.3 Å². The Morgan fingerprint density at radius 1 is 1.57 bits per heavy atom. The summed E-state index contributed by atoms with van der Waals surface area (Å²) in [5.74, 6) is -0.0626. The summed E-state index contributed by atoms with van der Waals surface area (Å²) in [7, 11) is 0. The van der Waals surface area contributed by atoms with E-state index in [-0.39, 0.29) is 17.0 Å². The van der Waals surface area contributed by atoms with Gasteiger partial charge in [-0.2, -0.15) is 0 Å². The van der Waals surface area contributed by atoms with Crippen molar-refractivity contribution in [2.75, 3.05) is 19.8 Å². The summed E-state index contributed by atoms with van der Waals surface area (Å²) in [5.41, 5.74) is 5.14. The van der Waals surface area contributed by atoms with Gasteiger partial charge < -0.3 is 15.2 Å². The summed E-state index contributed by atoms with van der Waals surface area (Å²) in [6.07, 6.45) is 2.28.